The van der Waals surface area contributed by atoms with Gasteiger partial charge in [-0.1, -0.05) is 6.42 Å². The van der Waals surface area contributed by atoms with Gasteiger partial charge >= 0.3 is 6.03 Å². The lowest BCUT2D eigenvalue weighted by atomic mass is 9.79. The van der Waals surface area contributed by atoms with Crippen LogP contribution in [0.4, 0.5) is 4.79 Å². The van der Waals surface area contributed by atoms with Gasteiger partial charge in [0.25, 0.3) is 0 Å². The molecule has 1 aromatic heterocycles. The molecular formula is C23H37N5O. The van der Waals surface area contributed by atoms with Crippen molar-refractivity contribution in [2.45, 2.75) is 57.0 Å². The fourth-order valence-electron chi connectivity index (χ4n) is 7.53. The Morgan fingerprint density at radius 2 is 2.00 bits per heavy atom. The summed E-state index contributed by atoms with van der Waals surface area (Å²) >= 11 is 0. The van der Waals surface area contributed by atoms with Crippen LogP contribution in [-0.4, -0.2) is 58.8 Å². The quantitative estimate of drug-likeness (QED) is 0.845. The Morgan fingerprint density at radius 1 is 1.17 bits per heavy atom. The number of fused-ring (bicyclic) bond motifs is 5. The molecule has 29 heavy (non-hydrogen) atoms. The van der Waals surface area contributed by atoms with Gasteiger partial charge in [-0.2, -0.15) is 5.10 Å². The number of carbonyl (C=O) groups is 1. The van der Waals surface area contributed by atoms with Crippen molar-refractivity contribution >= 4 is 6.03 Å². The van der Waals surface area contributed by atoms with Crippen LogP contribution >= 0.6 is 0 Å². The molecule has 7 atom stereocenters. The summed E-state index contributed by atoms with van der Waals surface area (Å²) in [5.74, 6) is 3.94. The number of hydrogen-bond donors (Lipinski definition) is 1. The topological polar surface area (TPSA) is 53.4 Å². The minimum atomic E-state index is 0.133. The first-order valence-electron chi connectivity index (χ1n) is 11.7. The van der Waals surface area contributed by atoms with Crippen LogP contribution in [0, 0.1) is 29.6 Å². The highest BCUT2D eigenvalue weighted by molar-refractivity contribution is 5.74. The lowest BCUT2D eigenvalue weighted by Crippen LogP contribution is -2.50. The van der Waals surface area contributed by atoms with Gasteiger partial charge < -0.3 is 10.2 Å². The van der Waals surface area contributed by atoms with Gasteiger partial charge in [0.15, 0.2) is 0 Å². The lowest BCUT2D eigenvalue weighted by Gasteiger charge is -2.41. The number of nitrogens with zero attached hydrogens (tertiary/aromatic N) is 4. The van der Waals surface area contributed by atoms with Gasteiger partial charge in [-0.3, -0.25) is 9.58 Å². The molecule has 1 N–H and O–H groups in total. The Kier molecular flexibility index (Phi) is 5.09. The molecule has 6 heteroatoms. The Balaban J connectivity index is 1.22. The lowest BCUT2D eigenvalue weighted by molar-refractivity contribution is 0.0927. The SMILES string of the molecule is CN(C[C@@H]1CCCN(C)[C@H]1c1ccnn1C)C(=O)NC1CC2CC1C1CCCC21. The molecule has 5 unspecified atom stereocenters. The molecule has 2 amide bonds. The standard InChI is InChI=1S/C23H37N5O/c1-26-11-5-6-15(22(26)21-9-10-24-28(21)3)14-27(2)23(29)25-20-13-16-12-19(20)18-8-4-7-17(16)18/h9-10,15-20,22H,4-8,11-14H2,1-3H3,(H,25,29)/t15-,16?,17?,18?,19?,20?,22+/m0/s1. The van der Waals surface area contributed by atoms with E-state index >= 15 is 0 Å². The van der Waals surface area contributed by atoms with Crippen molar-refractivity contribution in [3.8, 4) is 0 Å². The number of piperidine rings is 1. The fraction of sp³-hybridized carbons (Fsp3) is 0.826. The zero-order valence-corrected chi connectivity index (χ0v) is 18.3. The van der Waals surface area contributed by atoms with E-state index in [0.29, 0.717) is 18.0 Å². The van der Waals surface area contributed by atoms with Crippen LogP contribution in [0.2, 0.25) is 0 Å². The van der Waals surface area contributed by atoms with Crippen LogP contribution in [0.15, 0.2) is 12.3 Å². The first-order chi connectivity index (χ1) is 14.0. The van der Waals surface area contributed by atoms with E-state index in [4.69, 9.17) is 0 Å². The number of likely N-dealkylation sites (tertiary alicyclic amines) is 1. The van der Waals surface area contributed by atoms with Gasteiger partial charge in [0, 0.05) is 32.9 Å². The number of hydrogen-bond acceptors (Lipinski definition) is 3. The van der Waals surface area contributed by atoms with E-state index in [1.54, 1.807) is 0 Å². The molecule has 4 aliphatic rings. The highest BCUT2D eigenvalue weighted by Crippen LogP contribution is 2.58. The fourth-order valence-corrected chi connectivity index (χ4v) is 7.53. The largest absolute Gasteiger partial charge is 0.335 e. The van der Waals surface area contributed by atoms with Crippen molar-refractivity contribution < 1.29 is 4.79 Å². The van der Waals surface area contributed by atoms with Gasteiger partial charge in [0.1, 0.15) is 0 Å². The average molecular weight is 400 g/mol. The summed E-state index contributed by atoms with van der Waals surface area (Å²) < 4.78 is 1.99. The Bertz CT molecular complexity index is 747. The van der Waals surface area contributed by atoms with Crippen LogP contribution < -0.4 is 5.32 Å². The molecular weight excluding hydrogens is 362 g/mol. The van der Waals surface area contributed by atoms with Crippen molar-refractivity contribution in [3.05, 3.63) is 18.0 Å². The third-order valence-electron chi connectivity index (χ3n) is 8.76. The van der Waals surface area contributed by atoms with Crippen molar-refractivity contribution in [2.75, 3.05) is 27.2 Å². The van der Waals surface area contributed by atoms with E-state index in [0.717, 1.165) is 43.2 Å². The van der Waals surface area contributed by atoms with Gasteiger partial charge in [-0.25, -0.2) is 4.79 Å². The number of urea groups is 1. The van der Waals surface area contributed by atoms with Crippen LogP contribution in [-0.2, 0) is 7.05 Å². The molecule has 6 nitrogen and oxygen atoms in total. The number of carbonyl (C=O) groups excluding carboxylic acids is 1. The minimum Gasteiger partial charge on any atom is -0.335 e. The van der Waals surface area contributed by atoms with Crippen molar-refractivity contribution in [3.63, 3.8) is 0 Å². The van der Waals surface area contributed by atoms with E-state index in [1.807, 2.05) is 29.9 Å². The third-order valence-corrected chi connectivity index (χ3v) is 8.76. The zero-order valence-electron chi connectivity index (χ0n) is 18.3. The van der Waals surface area contributed by atoms with E-state index in [9.17, 15) is 4.79 Å². The number of amides is 2. The summed E-state index contributed by atoms with van der Waals surface area (Å²) in [7, 11) is 6.21. The van der Waals surface area contributed by atoms with Gasteiger partial charge in [0.2, 0.25) is 0 Å². The normalized spacial score (nSPS) is 38.9. The second kappa shape index (κ2) is 7.60. The Hall–Kier alpha value is -1.56. The van der Waals surface area contributed by atoms with Gasteiger partial charge in [-0.15, -0.1) is 0 Å². The molecule has 5 rings (SSSR count). The number of aryl methyl sites for hydroxylation is 1. The zero-order chi connectivity index (χ0) is 20.1. The second-order valence-corrected chi connectivity index (χ2v) is 10.3. The van der Waals surface area contributed by atoms with Gasteiger partial charge in [-0.05, 0) is 87.8 Å². The molecule has 3 saturated carbocycles. The predicted molar refractivity (Wildman–Crippen MR) is 113 cm³/mol. The smallest absolute Gasteiger partial charge is 0.317 e. The predicted octanol–water partition coefficient (Wildman–Crippen LogP) is 3.27. The van der Waals surface area contributed by atoms with Gasteiger partial charge in [0.05, 0.1) is 11.7 Å². The van der Waals surface area contributed by atoms with Crippen molar-refractivity contribution in [1.82, 2.24) is 24.9 Å². The van der Waals surface area contributed by atoms with E-state index < -0.39 is 0 Å². The summed E-state index contributed by atoms with van der Waals surface area (Å²) in [5, 5.41) is 7.83. The van der Waals surface area contributed by atoms with Crippen LogP contribution in [0.3, 0.4) is 0 Å². The maximum absolute atomic E-state index is 13.1. The molecule has 4 fully saturated rings. The molecule has 2 bridgehead atoms. The summed E-state index contributed by atoms with van der Waals surface area (Å²) in [6.45, 7) is 1.91. The Labute approximate surface area is 175 Å². The number of rotatable bonds is 4. The number of nitrogens with one attached hydrogen (secondary N) is 1. The molecule has 0 spiro atoms. The van der Waals surface area contributed by atoms with E-state index in [1.165, 1.54) is 44.2 Å². The Morgan fingerprint density at radius 3 is 2.79 bits per heavy atom. The van der Waals surface area contributed by atoms with E-state index in [2.05, 4.69) is 28.4 Å². The minimum absolute atomic E-state index is 0.133. The third kappa shape index (κ3) is 3.37. The molecule has 1 saturated heterocycles. The first kappa shape index (κ1) is 19.4. The number of aromatic nitrogens is 2. The highest BCUT2D eigenvalue weighted by atomic mass is 16.2. The molecule has 0 radical (unpaired) electrons. The van der Waals surface area contributed by atoms with Crippen LogP contribution in [0.1, 0.15) is 56.7 Å². The molecule has 0 aromatic carbocycles. The average Bonchev–Trinajstić information content (AvgIpc) is 3.44. The highest BCUT2D eigenvalue weighted by Gasteiger charge is 2.54. The molecule has 2 heterocycles. The van der Waals surface area contributed by atoms with Crippen molar-refractivity contribution in [2.24, 2.45) is 36.6 Å². The summed E-state index contributed by atoms with van der Waals surface area (Å²) in [5.41, 5.74) is 1.26. The first-order valence-corrected chi connectivity index (χ1v) is 11.7. The monoisotopic (exact) mass is 399 g/mol. The molecule has 160 valence electrons. The van der Waals surface area contributed by atoms with E-state index in [-0.39, 0.29) is 6.03 Å². The summed E-state index contributed by atoms with van der Waals surface area (Å²) in [4.78, 5) is 17.5. The maximum Gasteiger partial charge on any atom is 0.317 e. The molecule has 1 aromatic rings. The molecule has 1 aliphatic heterocycles. The molecule has 3 aliphatic carbocycles. The summed E-state index contributed by atoms with van der Waals surface area (Å²) in [6, 6.07) is 3.01. The maximum atomic E-state index is 13.1. The van der Waals surface area contributed by atoms with Crippen molar-refractivity contribution in [1.29, 1.82) is 0 Å². The second-order valence-electron chi connectivity index (χ2n) is 10.3. The van der Waals surface area contributed by atoms with Crippen LogP contribution in [0.5, 0.6) is 0 Å². The van der Waals surface area contributed by atoms with Crippen LogP contribution in [0.25, 0.3) is 0 Å². The summed E-state index contributed by atoms with van der Waals surface area (Å²) in [6.07, 6.45) is 11.1.